The van der Waals surface area contributed by atoms with Gasteiger partial charge in [-0.2, -0.15) is 4.98 Å². The Bertz CT molecular complexity index is 976. The van der Waals surface area contributed by atoms with Crippen LogP contribution in [0.25, 0.3) is 5.65 Å². The number of anilines is 2. The van der Waals surface area contributed by atoms with Crippen molar-refractivity contribution in [3.8, 4) is 6.01 Å². The molecule has 3 aromatic heterocycles. The molecule has 28 heavy (non-hydrogen) atoms. The number of hydrogen-bond acceptors (Lipinski definition) is 7. The van der Waals surface area contributed by atoms with Gasteiger partial charge in [0, 0.05) is 25.7 Å². The fourth-order valence-electron chi connectivity index (χ4n) is 3.68. The highest BCUT2D eigenvalue weighted by Gasteiger charge is 2.16. The van der Waals surface area contributed by atoms with Crippen LogP contribution in [0.3, 0.4) is 0 Å². The van der Waals surface area contributed by atoms with Crippen molar-refractivity contribution in [1.29, 1.82) is 0 Å². The van der Waals surface area contributed by atoms with E-state index in [0.717, 1.165) is 30.2 Å². The molecule has 0 aliphatic carbocycles. The Balaban J connectivity index is 1.61. The highest BCUT2D eigenvalue weighted by Crippen LogP contribution is 2.23. The molecule has 8 nitrogen and oxygen atoms in total. The average molecular weight is 381 g/mol. The van der Waals surface area contributed by atoms with Gasteiger partial charge in [-0.3, -0.25) is 0 Å². The molecule has 0 aromatic carbocycles. The van der Waals surface area contributed by atoms with Gasteiger partial charge in [0.15, 0.2) is 11.5 Å². The quantitative estimate of drug-likeness (QED) is 0.726. The van der Waals surface area contributed by atoms with Crippen LogP contribution in [-0.4, -0.2) is 43.8 Å². The summed E-state index contributed by atoms with van der Waals surface area (Å²) in [5.41, 5.74) is 9.81. The van der Waals surface area contributed by atoms with Crippen LogP contribution in [0.1, 0.15) is 49.9 Å². The number of nitrogens with zero attached hydrogens (tertiary/aromatic N) is 6. The van der Waals surface area contributed by atoms with E-state index in [2.05, 4.69) is 33.0 Å². The minimum atomic E-state index is -0.0296. The number of hydrogen-bond donors (Lipinski definition) is 1. The second kappa shape index (κ2) is 7.61. The molecule has 1 aliphatic heterocycles. The Morgan fingerprint density at radius 3 is 2.64 bits per heavy atom. The number of aromatic nitrogens is 5. The molecule has 148 valence electrons. The van der Waals surface area contributed by atoms with Gasteiger partial charge in [-0.1, -0.05) is 6.07 Å². The summed E-state index contributed by atoms with van der Waals surface area (Å²) in [4.78, 5) is 15.7. The van der Waals surface area contributed by atoms with Crippen molar-refractivity contribution >= 4 is 17.3 Å². The van der Waals surface area contributed by atoms with Gasteiger partial charge < -0.3 is 15.4 Å². The van der Waals surface area contributed by atoms with Crippen LogP contribution in [0.4, 0.5) is 11.6 Å². The van der Waals surface area contributed by atoms with Gasteiger partial charge in [-0.05, 0) is 51.2 Å². The number of nitrogen functional groups attached to an aromatic ring is 1. The fourth-order valence-corrected chi connectivity index (χ4v) is 3.68. The number of piperidine rings is 1. The highest BCUT2D eigenvalue weighted by molar-refractivity contribution is 5.60. The van der Waals surface area contributed by atoms with Crippen LogP contribution >= 0.6 is 0 Å². The summed E-state index contributed by atoms with van der Waals surface area (Å²) in [6.07, 6.45) is 8.17. The molecule has 0 radical (unpaired) electrons. The van der Waals surface area contributed by atoms with Crippen molar-refractivity contribution in [3.63, 3.8) is 0 Å². The molecule has 0 spiro atoms. The second-order valence-electron chi connectivity index (χ2n) is 7.64. The van der Waals surface area contributed by atoms with E-state index in [1.807, 2.05) is 20.0 Å². The van der Waals surface area contributed by atoms with Crippen LogP contribution in [0.2, 0.25) is 0 Å². The van der Waals surface area contributed by atoms with Crippen molar-refractivity contribution in [2.75, 3.05) is 23.7 Å². The lowest BCUT2D eigenvalue weighted by atomic mass is 10.1. The maximum absolute atomic E-state index is 6.03. The van der Waals surface area contributed by atoms with Crippen molar-refractivity contribution in [2.45, 2.75) is 52.6 Å². The van der Waals surface area contributed by atoms with Crippen molar-refractivity contribution < 1.29 is 4.74 Å². The first-order valence-corrected chi connectivity index (χ1v) is 9.88. The van der Waals surface area contributed by atoms with E-state index in [1.54, 1.807) is 10.7 Å². The molecule has 8 heteroatoms. The van der Waals surface area contributed by atoms with Crippen molar-refractivity contribution in [1.82, 2.24) is 24.6 Å². The molecule has 4 rings (SSSR count). The molecule has 1 fully saturated rings. The van der Waals surface area contributed by atoms with E-state index >= 15 is 0 Å². The Morgan fingerprint density at radius 2 is 1.93 bits per heavy atom. The van der Waals surface area contributed by atoms with Gasteiger partial charge in [0.05, 0.1) is 18.0 Å². The zero-order valence-corrected chi connectivity index (χ0v) is 16.7. The standard InChI is InChI=1S/C20H27N7O/c1-13(2)28-20-24-17(21)19-23-12-16(27(19)25-20)10-15-9-14(3)18(22-11-15)26-7-5-4-6-8-26/h9,11-13H,4-8,10H2,1-3H3,(H2,21,24,25). The van der Waals surface area contributed by atoms with Gasteiger partial charge in [0.1, 0.15) is 5.82 Å². The average Bonchev–Trinajstić information content (AvgIpc) is 3.05. The number of pyridine rings is 1. The fraction of sp³-hybridized carbons (Fsp3) is 0.500. The lowest BCUT2D eigenvalue weighted by Gasteiger charge is -2.29. The zero-order valence-electron chi connectivity index (χ0n) is 16.7. The van der Waals surface area contributed by atoms with Gasteiger partial charge in [-0.25, -0.2) is 14.5 Å². The lowest BCUT2D eigenvalue weighted by Crippen LogP contribution is -2.30. The number of nitrogens with two attached hydrogens (primary N) is 1. The largest absolute Gasteiger partial charge is 0.460 e. The molecule has 0 bridgehead atoms. The predicted octanol–water partition coefficient (Wildman–Crippen LogP) is 2.78. The molecule has 0 unspecified atom stereocenters. The first kappa shape index (κ1) is 18.5. The Hall–Kier alpha value is -2.90. The normalized spacial score (nSPS) is 14.8. The lowest BCUT2D eigenvalue weighted by molar-refractivity contribution is 0.218. The maximum atomic E-state index is 6.03. The molecule has 0 saturated carbocycles. The minimum absolute atomic E-state index is 0.0296. The number of rotatable bonds is 5. The second-order valence-corrected chi connectivity index (χ2v) is 7.64. The molecule has 4 heterocycles. The van der Waals surface area contributed by atoms with Crippen LogP contribution in [-0.2, 0) is 6.42 Å². The third-order valence-electron chi connectivity index (χ3n) is 4.93. The number of ether oxygens (including phenoxy) is 1. The summed E-state index contributed by atoms with van der Waals surface area (Å²) in [7, 11) is 0. The van der Waals surface area contributed by atoms with Crippen molar-refractivity contribution in [2.24, 2.45) is 0 Å². The van der Waals surface area contributed by atoms with Crippen LogP contribution in [0.5, 0.6) is 6.01 Å². The Kier molecular flexibility index (Phi) is 5.02. The van der Waals surface area contributed by atoms with Gasteiger partial charge >= 0.3 is 6.01 Å². The number of imidazole rings is 1. The first-order chi connectivity index (χ1) is 13.5. The smallest absolute Gasteiger partial charge is 0.336 e. The SMILES string of the molecule is Cc1cc(Cc2cnc3c(N)nc(OC(C)C)nn23)cnc1N1CCCCC1. The molecule has 0 amide bonds. The van der Waals surface area contributed by atoms with E-state index in [9.17, 15) is 0 Å². The van der Waals surface area contributed by atoms with E-state index in [-0.39, 0.29) is 12.1 Å². The molecule has 3 aromatic rings. The number of aryl methyl sites for hydroxylation is 1. The molecule has 2 N–H and O–H groups in total. The third-order valence-corrected chi connectivity index (χ3v) is 4.93. The summed E-state index contributed by atoms with van der Waals surface area (Å²) in [5, 5.41) is 4.46. The minimum Gasteiger partial charge on any atom is -0.460 e. The topological polar surface area (TPSA) is 94.5 Å². The summed E-state index contributed by atoms with van der Waals surface area (Å²) < 4.78 is 7.33. The summed E-state index contributed by atoms with van der Waals surface area (Å²) in [5.74, 6) is 1.41. The summed E-state index contributed by atoms with van der Waals surface area (Å²) in [6.45, 7) is 8.17. The summed E-state index contributed by atoms with van der Waals surface area (Å²) in [6, 6.07) is 2.46. The van der Waals surface area contributed by atoms with Gasteiger partial charge in [0.2, 0.25) is 0 Å². The van der Waals surface area contributed by atoms with E-state index in [0.29, 0.717) is 17.9 Å². The molecule has 1 aliphatic rings. The van der Waals surface area contributed by atoms with Crippen molar-refractivity contribution in [3.05, 3.63) is 35.3 Å². The third kappa shape index (κ3) is 3.72. The van der Waals surface area contributed by atoms with Crippen LogP contribution in [0, 0.1) is 6.92 Å². The molecular formula is C20H27N7O. The summed E-state index contributed by atoms with van der Waals surface area (Å²) >= 11 is 0. The highest BCUT2D eigenvalue weighted by atomic mass is 16.5. The van der Waals surface area contributed by atoms with E-state index < -0.39 is 0 Å². The predicted molar refractivity (Wildman–Crippen MR) is 109 cm³/mol. The van der Waals surface area contributed by atoms with Gasteiger partial charge in [-0.15, -0.1) is 5.10 Å². The maximum Gasteiger partial charge on any atom is 0.336 e. The van der Waals surface area contributed by atoms with E-state index in [1.165, 1.54) is 24.8 Å². The molecule has 0 atom stereocenters. The Labute approximate surface area is 164 Å². The van der Waals surface area contributed by atoms with Crippen LogP contribution < -0.4 is 15.4 Å². The van der Waals surface area contributed by atoms with Gasteiger partial charge in [0.25, 0.3) is 0 Å². The van der Waals surface area contributed by atoms with E-state index in [4.69, 9.17) is 15.5 Å². The van der Waals surface area contributed by atoms with Crippen LogP contribution in [0.15, 0.2) is 18.5 Å². The Morgan fingerprint density at radius 1 is 1.14 bits per heavy atom. The zero-order chi connectivity index (χ0) is 19.7. The number of fused-ring (bicyclic) bond motifs is 1. The molecular weight excluding hydrogens is 354 g/mol. The first-order valence-electron chi connectivity index (χ1n) is 9.88. The monoisotopic (exact) mass is 381 g/mol. The molecule has 1 saturated heterocycles.